The highest BCUT2D eigenvalue weighted by Gasteiger charge is 2.43. The van der Waals surface area contributed by atoms with Gasteiger partial charge < -0.3 is 4.57 Å². The number of hydrogen-bond donors (Lipinski definition) is 0. The van der Waals surface area contributed by atoms with Crippen LogP contribution >= 0.6 is 11.3 Å². The molecular formula is C66H45NSSi. The standard InChI is InChI=1S/C66H45NSSi/c1-6-22-46(23-7-1)49-28-20-33-53(42-49)69(51-29-12-4-13-30-51,52-31-14-5-15-32-52)54-44-59(47-24-8-2-9-25-47)65(60(45-54)48-26-10-3-11-27-48)67-62-38-18-16-34-56(62)61-43-50(40-41-63(61)67)55-36-21-37-58-57-35-17-19-39-64(57)68-66(55)58/h1-45H. The predicted octanol–water partition coefficient (Wildman–Crippen LogP) is 15.2. The van der Waals surface area contributed by atoms with E-state index in [0.29, 0.717) is 0 Å². The van der Waals surface area contributed by atoms with Crippen molar-refractivity contribution in [3.8, 4) is 50.2 Å². The van der Waals surface area contributed by atoms with Gasteiger partial charge in [-0.15, -0.1) is 11.3 Å². The Labute approximate surface area is 407 Å². The zero-order valence-corrected chi connectivity index (χ0v) is 39.7. The zero-order valence-electron chi connectivity index (χ0n) is 37.8. The molecule has 0 atom stereocenters. The molecule has 0 N–H and O–H groups in total. The molecule has 0 aliphatic heterocycles. The maximum atomic E-state index is 2.57. The molecule has 0 saturated carbocycles. The molecule has 0 bridgehead atoms. The first-order valence-electron chi connectivity index (χ1n) is 23.7. The number of thiophene rings is 1. The lowest BCUT2D eigenvalue weighted by atomic mass is 9.95. The highest BCUT2D eigenvalue weighted by molar-refractivity contribution is 7.26. The molecule has 69 heavy (non-hydrogen) atoms. The van der Waals surface area contributed by atoms with Crippen LogP contribution in [-0.2, 0) is 0 Å². The topological polar surface area (TPSA) is 4.93 Å². The van der Waals surface area contributed by atoms with Crippen LogP contribution in [0.1, 0.15) is 0 Å². The fourth-order valence-electron chi connectivity index (χ4n) is 11.1. The Balaban J connectivity index is 1.14. The van der Waals surface area contributed by atoms with Gasteiger partial charge in [0.15, 0.2) is 8.07 Å². The summed E-state index contributed by atoms with van der Waals surface area (Å²) in [6.45, 7) is 0. The fraction of sp³-hybridized carbons (Fsp3) is 0. The summed E-state index contributed by atoms with van der Waals surface area (Å²) in [6.07, 6.45) is 0. The molecule has 2 aromatic heterocycles. The van der Waals surface area contributed by atoms with Crippen LogP contribution in [0.25, 0.3) is 92.2 Å². The van der Waals surface area contributed by atoms with Crippen molar-refractivity contribution in [2.45, 2.75) is 0 Å². The Hall–Kier alpha value is -8.34. The van der Waals surface area contributed by atoms with Crippen molar-refractivity contribution < 1.29 is 0 Å². The van der Waals surface area contributed by atoms with Crippen LogP contribution < -0.4 is 20.7 Å². The lowest BCUT2D eigenvalue weighted by Gasteiger charge is -2.36. The Morgan fingerprint density at radius 1 is 0.275 bits per heavy atom. The molecule has 324 valence electrons. The molecule has 0 aliphatic carbocycles. The molecule has 0 saturated heterocycles. The van der Waals surface area contributed by atoms with E-state index in [9.17, 15) is 0 Å². The third kappa shape index (κ3) is 6.81. The van der Waals surface area contributed by atoms with Gasteiger partial charge in [-0.1, -0.05) is 249 Å². The Kier molecular flexibility index (Phi) is 10.1. The second-order valence-electron chi connectivity index (χ2n) is 17.9. The summed E-state index contributed by atoms with van der Waals surface area (Å²) in [4.78, 5) is 0. The van der Waals surface area contributed by atoms with Crippen LogP contribution in [0.4, 0.5) is 0 Å². The number of aromatic nitrogens is 1. The molecule has 13 rings (SSSR count). The van der Waals surface area contributed by atoms with Gasteiger partial charge in [0.2, 0.25) is 0 Å². The largest absolute Gasteiger partial charge is 0.308 e. The average molecular weight is 912 g/mol. The summed E-state index contributed by atoms with van der Waals surface area (Å²) in [5.74, 6) is 0. The number of nitrogens with zero attached hydrogens (tertiary/aromatic N) is 1. The third-order valence-electron chi connectivity index (χ3n) is 14.1. The number of fused-ring (bicyclic) bond motifs is 6. The van der Waals surface area contributed by atoms with Crippen molar-refractivity contribution in [3.05, 3.63) is 273 Å². The SMILES string of the molecule is c1ccc(-c2cccc([Si](c3ccccc3)(c3ccccc3)c3cc(-c4ccccc4)c(-n4c5ccccc5c5cc(-c6cccc7c6sc6ccccc67)ccc54)c(-c4ccccc4)c3)c2)cc1. The molecule has 0 aliphatic rings. The van der Waals surface area contributed by atoms with Gasteiger partial charge in [-0.25, -0.2) is 0 Å². The summed E-state index contributed by atoms with van der Waals surface area (Å²) in [6, 6.07) is 102. The minimum absolute atomic E-state index is 1.17. The number of para-hydroxylation sites is 1. The first kappa shape index (κ1) is 40.9. The maximum absolute atomic E-state index is 3.10. The molecule has 0 amide bonds. The van der Waals surface area contributed by atoms with Gasteiger partial charge in [0, 0.05) is 42.1 Å². The molecule has 13 aromatic rings. The van der Waals surface area contributed by atoms with E-state index in [1.807, 2.05) is 11.3 Å². The highest BCUT2D eigenvalue weighted by Crippen LogP contribution is 2.44. The number of hydrogen-bond acceptors (Lipinski definition) is 1. The molecular weight excluding hydrogens is 867 g/mol. The molecule has 11 aromatic carbocycles. The summed E-state index contributed by atoms with van der Waals surface area (Å²) >= 11 is 1.89. The zero-order chi connectivity index (χ0) is 45.7. The lowest BCUT2D eigenvalue weighted by Crippen LogP contribution is -2.74. The lowest BCUT2D eigenvalue weighted by molar-refractivity contribution is 1.18. The summed E-state index contributed by atoms with van der Waals surface area (Å²) in [7, 11) is -3.10. The van der Waals surface area contributed by atoms with Crippen molar-refractivity contribution in [1.29, 1.82) is 0 Å². The van der Waals surface area contributed by atoms with Crippen molar-refractivity contribution in [2.75, 3.05) is 0 Å². The van der Waals surface area contributed by atoms with Gasteiger partial charge in [-0.3, -0.25) is 0 Å². The van der Waals surface area contributed by atoms with Crippen LogP contribution in [0.3, 0.4) is 0 Å². The minimum atomic E-state index is -3.10. The van der Waals surface area contributed by atoms with Crippen LogP contribution in [-0.4, -0.2) is 12.6 Å². The fourth-order valence-corrected chi connectivity index (χ4v) is 17.1. The second kappa shape index (κ2) is 17.1. The number of rotatable bonds is 9. The molecule has 0 unspecified atom stereocenters. The van der Waals surface area contributed by atoms with E-state index in [1.54, 1.807) is 0 Å². The smallest absolute Gasteiger partial charge is 0.179 e. The Morgan fingerprint density at radius 3 is 1.42 bits per heavy atom. The Morgan fingerprint density at radius 2 is 0.768 bits per heavy atom. The summed E-state index contributed by atoms with van der Waals surface area (Å²) < 4.78 is 5.21. The molecule has 3 heteroatoms. The van der Waals surface area contributed by atoms with Crippen molar-refractivity contribution >= 4 is 82.1 Å². The van der Waals surface area contributed by atoms with Crippen LogP contribution in [0.15, 0.2) is 273 Å². The van der Waals surface area contributed by atoms with Crippen molar-refractivity contribution in [1.82, 2.24) is 4.57 Å². The molecule has 0 spiro atoms. The quantitative estimate of drug-likeness (QED) is 0.100. The van der Waals surface area contributed by atoms with E-state index in [4.69, 9.17) is 0 Å². The number of benzene rings is 11. The molecule has 0 radical (unpaired) electrons. The summed E-state index contributed by atoms with van der Waals surface area (Å²) in [5, 5.41) is 10.4. The van der Waals surface area contributed by atoms with Gasteiger partial charge in [-0.05, 0) is 78.4 Å². The first-order chi connectivity index (χ1) is 34.2. The van der Waals surface area contributed by atoms with E-state index in [1.165, 1.54) is 113 Å². The maximum Gasteiger partial charge on any atom is 0.179 e. The van der Waals surface area contributed by atoms with Crippen LogP contribution in [0.2, 0.25) is 0 Å². The van der Waals surface area contributed by atoms with Gasteiger partial charge in [-0.2, -0.15) is 0 Å². The monoisotopic (exact) mass is 911 g/mol. The predicted molar refractivity (Wildman–Crippen MR) is 299 cm³/mol. The molecule has 0 fully saturated rings. The van der Waals surface area contributed by atoms with Crippen LogP contribution in [0.5, 0.6) is 0 Å². The molecule has 2 heterocycles. The van der Waals surface area contributed by atoms with Gasteiger partial charge in [0.05, 0.1) is 16.7 Å². The normalized spacial score (nSPS) is 11.8. The van der Waals surface area contributed by atoms with Crippen LogP contribution in [0, 0.1) is 0 Å². The van der Waals surface area contributed by atoms with Crippen molar-refractivity contribution in [2.24, 2.45) is 0 Å². The van der Waals surface area contributed by atoms with E-state index in [2.05, 4.69) is 278 Å². The van der Waals surface area contributed by atoms with E-state index in [0.717, 1.165) is 0 Å². The van der Waals surface area contributed by atoms with Gasteiger partial charge >= 0.3 is 0 Å². The molecule has 1 nitrogen and oxygen atoms in total. The second-order valence-corrected chi connectivity index (χ2v) is 22.8. The summed E-state index contributed by atoms with van der Waals surface area (Å²) in [5.41, 5.74) is 13.2. The van der Waals surface area contributed by atoms with Gasteiger partial charge in [0.1, 0.15) is 0 Å². The minimum Gasteiger partial charge on any atom is -0.308 e. The van der Waals surface area contributed by atoms with E-state index in [-0.39, 0.29) is 0 Å². The average Bonchev–Trinajstić information content (AvgIpc) is 3.98. The third-order valence-corrected chi connectivity index (χ3v) is 20.1. The van der Waals surface area contributed by atoms with E-state index < -0.39 is 8.07 Å². The van der Waals surface area contributed by atoms with Crippen molar-refractivity contribution in [3.63, 3.8) is 0 Å². The Bertz CT molecular complexity index is 3890. The highest BCUT2D eigenvalue weighted by atomic mass is 32.1. The van der Waals surface area contributed by atoms with Gasteiger partial charge in [0.25, 0.3) is 0 Å². The van der Waals surface area contributed by atoms with E-state index >= 15 is 0 Å². The first-order valence-corrected chi connectivity index (χ1v) is 26.6.